The highest BCUT2D eigenvalue weighted by molar-refractivity contribution is 7.79. The molecule has 0 radical (unpaired) electrons. The Morgan fingerprint density at radius 2 is 2.08 bits per heavy atom. The van der Waals surface area contributed by atoms with Crippen LogP contribution in [0.4, 0.5) is 0 Å². The number of aromatic nitrogens is 2. The Kier molecular flexibility index (Phi) is 2.03. The molecule has 0 aliphatic carbocycles. The van der Waals surface area contributed by atoms with Crippen molar-refractivity contribution in [3.63, 3.8) is 0 Å². The average molecular weight is 194 g/mol. The molecule has 5 heteroatoms. The van der Waals surface area contributed by atoms with Gasteiger partial charge < -0.3 is 4.55 Å². The zero-order valence-corrected chi connectivity index (χ0v) is 7.36. The van der Waals surface area contributed by atoms with Gasteiger partial charge in [0.1, 0.15) is 5.52 Å². The molecule has 0 spiro atoms. The van der Waals surface area contributed by atoms with Gasteiger partial charge in [-0.15, -0.1) is 0 Å². The normalized spacial score (nSPS) is 13.0. The second-order valence-electron chi connectivity index (χ2n) is 2.44. The van der Waals surface area contributed by atoms with E-state index in [0.29, 0.717) is 5.52 Å². The van der Waals surface area contributed by atoms with Crippen LogP contribution < -0.4 is 0 Å². The van der Waals surface area contributed by atoms with Gasteiger partial charge in [-0.2, -0.15) is 0 Å². The van der Waals surface area contributed by atoms with Crippen molar-refractivity contribution in [3.8, 4) is 0 Å². The van der Waals surface area contributed by atoms with E-state index in [0.717, 1.165) is 5.39 Å². The smallest absolute Gasteiger partial charge is 0.207 e. The predicted octanol–water partition coefficient (Wildman–Crippen LogP) is 1.21. The van der Waals surface area contributed by atoms with Crippen molar-refractivity contribution in [1.82, 2.24) is 9.97 Å². The van der Waals surface area contributed by atoms with Crippen LogP contribution in [0.25, 0.3) is 10.9 Å². The molecular weight excluding hydrogens is 188 g/mol. The van der Waals surface area contributed by atoms with Crippen molar-refractivity contribution in [2.45, 2.75) is 5.03 Å². The van der Waals surface area contributed by atoms with Crippen molar-refractivity contribution in [1.29, 1.82) is 0 Å². The monoisotopic (exact) mass is 194 g/mol. The molecule has 1 unspecified atom stereocenters. The third-order valence-electron chi connectivity index (χ3n) is 1.65. The summed E-state index contributed by atoms with van der Waals surface area (Å²) in [5, 5.41) is 0.924. The maximum Gasteiger partial charge on any atom is 0.207 e. The molecule has 2 rings (SSSR count). The van der Waals surface area contributed by atoms with Crippen molar-refractivity contribution < 1.29 is 8.76 Å². The fraction of sp³-hybridized carbons (Fsp3) is 0. The van der Waals surface area contributed by atoms with Crippen LogP contribution >= 0.6 is 0 Å². The number of rotatable bonds is 1. The summed E-state index contributed by atoms with van der Waals surface area (Å²) in [6, 6.07) is 5.34. The SMILES string of the molecule is O=S(O)c1nccc2cccnc12. The molecule has 0 aliphatic heterocycles. The highest BCUT2D eigenvalue weighted by Crippen LogP contribution is 2.15. The molecule has 4 nitrogen and oxygen atoms in total. The van der Waals surface area contributed by atoms with Crippen molar-refractivity contribution in [3.05, 3.63) is 30.6 Å². The minimum atomic E-state index is -2.08. The van der Waals surface area contributed by atoms with Gasteiger partial charge in [0.25, 0.3) is 0 Å². The summed E-state index contributed by atoms with van der Waals surface area (Å²) in [6.45, 7) is 0. The van der Waals surface area contributed by atoms with Gasteiger partial charge in [0.2, 0.25) is 11.1 Å². The number of pyridine rings is 2. The predicted molar refractivity (Wildman–Crippen MR) is 48.6 cm³/mol. The Balaban J connectivity index is 2.83. The second kappa shape index (κ2) is 3.20. The van der Waals surface area contributed by atoms with Gasteiger partial charge in [0.15, 0.2) is 5.03 Å². The first-order valence-corrected chi connectivity index (χ1v) is 4.70. The van der Waals surface area contributed by atoms with E-state index in [1.165, 1.54) is 6.20 Å². The minimum Gasteiger partial charge on any atom is -0.301 e. The molecule has 0 saturated carbocycles. The van der Waals surface area contributed by atoms with E-state index in [1.807, 2.05) is 6.07 Å². The van der Waals surface area contributed by atoms with Gasteiger partial charge in [-0.25, -0.2) is 9.19 Å². The zero-order valence-electron chi connectivity index (χ0n) is 6.54. The summed E-state index contributed by atoms with van der Waals surface area (Å²) < 4.78 is 19.7. The Hall–Kier alpha value is -1.33. The molecule has 66 valence electrons. The first kappa shape index (κ1) is 8.28. The molecule has 2 aromatic rings. The highest BCUT2D eigenvalue weighted by atomic mass is 32.2. The quantitative estimate of drug-likeness (QED) is 0.693. The zero-order chi connectivity index (χ0) is 9.26. The summed E-state index contributed by atoms with van der Waals surface area (Å²) in [5.74, 6) is 0. The van der Waals surface area contributed by atoms with Gasteiger partial charge in [-0.05, 0) is 12.1 Å². The van der Waals surface area contributed by atoms with Crippen LogP contribution in [0.3, 0.4) is 0 Å². The van der Waals surface area contributed by atoms with E-state index in [1.54, 1.807) is 18.3 Å². The molecular formula is C8H6N2O2S. The molecule has 0 aliphatic rings. The molecule has 0 bridgehead atoms. The number of hydrogen-bond acceptors (Lipinski definition) is 3. The summed E-state index contributed by atoms with van der Waals surface area (Å²) in [4.78, 5) is 7.78. The number of hydrogen-bond donors (Lipinski definition) is 1. The topological polar surface area (TPSA) is 63.1 Å². The first-order chi connectivity index (χ1) is 6.29. The molecule has 1 atom stereocenters. The molecule has 1 N–H and O–H groups in total. The summed E-state index contributed by atoms with van der Waals surface area (Å²) in [5.41, 5.74) is 0.478. The van der Waals surface area contributed by atoms with E-state index in [9.17, 15) is 4.21 Å². The van der Waals surface area contributed by atoms with Crippen LogP contribution in [0.2, 0.25) is 0 Å². The Morgan fingerprint density at radius 3 is 2.85 bits per heavy atom. The second-order valence-corrected chi connectivity index (χ2v) is 3.33. The molecule has 13 heavy (non-hydrogen) atoms. The van der Waals surface area contributed by atoms with Gasteiger partial charge in [-0.3, -0.25) is 4.98 Å². The van der Waals surface area contributed by atoms with Gasteiger partial charge >= 0.3 is 0 Å². The van der Waals surface area contributed by atoms with Crippen LogP contribution in [0.1, 0.15) is 0 Å². The number of nitrogens with zero attached hydrogens (tertiary/aromatic N) is 2. The Labute approximate surface area is 76.9 Å². The van der Waals surface area contributed by atoms with Crippen molar-refractivity contribution in [2.24, 2.45) is 0 Å². The van der Waals surface area contributed by atoms with E-state index in [4.69, 9.17) is 4.55 Å². The molecule has 2 aromatic heterocycles. The summed E-state index contributed by atoms with van der Waals surface area (Å²) >= 11 is -2.08. The largest absolute Gasteiger partial charge is 0.301 e. The van der Waals surface area contributed by atoms with Crippen LogP contribution in [0.15, 0.2) is 35.6 Å². The first-order valence-electron chi connectivity index (χ1n) is 3.59. The maximum absolute atomic E-state index is 10.8. The molecule has 0 fully saturated rings. The van der Waals surface area contributed by atoms with Crippen molar-refractivity contribution in [2.75, 3.05) is 0 Å². The molecule has 0 aromatic carbocycles. The molecule has 0 amide bonds. The van der Waals surface area contributed by atoms with Gasteiger partial charge in [-0.1, -0.05) is 6.07 Å². The third-order valence-corrected chi connectivity index (χ3v) is 2.28. The maximum atomic E-state index is 10.8. The van der Waals surface area contributed by atoms with E-state index in [-0.39, 0.29) is 5.03 Å². The average Bonchev–Trinajstić information content (AvgIpc) is 2.17. The van der Waals surface area contributed by atoms with E-state index in [2.05, 4.69) is 9.97 Å². The lowest BCUT2D eigenvalue weighted by molar-refractivity contribution is 0.561. The molecule has 2 heterocycles. The third kappa shape index (κ3) is 1.43. The lowest BCUT2D eigenvalue weighted by Crippen LogP contribution is -1.95. The minimum absolute atomic E-state index is 0.109. The highest BCUT2D eigenvalue weighted by Gasteiger charge is 2.07. The van der Waals surface area contributed by atoms with Crippen LogP contribution in [0.5, 0.6) is 0 Å². The number of fused-ring (bicyclic) bond motifs is 1. The molecule has 0 saturated heterocycles. The van der Waals surface area contributed by atoms with E-state index < -0.39 is 11.1 Å². The van der Waals surface area contributed by atoms with Gasteiger partial charge in [0.05, 0.1) is 0 Å². The van der Waals surface area contributed by atoms with Crippen molar-refractivity contribution >= 4 is 22.0 Å². The van der Waals surface area contributed by atoms with E-state index >= 15 is 0 Å². The van der Waals surface area contributed by atoms with Crippen LogP contribution in [-0.2, 0) is 11.1 Å². The summed E-state index contributed by atoms with van der Waals surface area (Å²) in [7, 11) is 0. The van der Waals surface area contributed by atoms with Crippen LogP contribution in [0, 0.1) is 0 Å². The van der Waals surface area contributed by atoms with Gasteiger partial charge in [0, 0.05) is 17.8 Å². The summed E-state index contributed by atoms with van der Waals surface area (Å²) in [6.07, 6.45) is 3.06. The van der Waals surface area contributed by atoms with Crippen LogP contribution in [-0.4, -0.2) is 18.7 Å². The fourth-order valence-electron chi connectivity index (χ4n) is 1.11. The Morgan fingerprint density at radius 1 is 1.23 bits per heavy atom. The fourth-order valence-corrected chi connectivity index (χ4v) is 1.59. The Bertz CT molecular complexity index is 467. The standard InChI is InChI=1S/C8H6N2O2S/c11-13(12)8-7-6(3-5-10-8)2-1-4-9-7/h1-5H,(H,11,12). The lowest BCUT2D eigenvalue weighted by atomic mass is 10.3. The lowest BCUT2D eigenvalue weighted by Gasteiger charge is -1.98.